The molecule has 1 aromatic carbocycles. The van der Waals surface area contributed by atoms with E-state index < -0.39 is 0 Å². The highest BCUT2D eigenvalue weighted by Crippen LogP contribution is 2.17. The largest absolute Gasteiger partial charge is 0.496 e. The number of aryl methyl sites for hydroxylation is 1. The van der Waals surface area contributed by atoms with Gasteiger partial charge < -0.3 is 19.9 Å². The van der Waals surface area contributed by atoms with Crippen molar-refractivity contribution in [2.24, 2.45) is 12.0 Å². The molecule has 0 aliphatic rings. The lowest BCUT2D eigenvalue weighted by atomic mass is 10.1. The molecule has 1 aromatic heterocycles. The zero-order valence-electron chi connectivity index (χ0n) is 17.1. The predicted octanol–water partition coefficient (Wildman–Crippen LogP) is 2.78. The number of ether oxygens (including phenoxy) is 1. The summed E-state index contributed by atoms with van der Waals surface area (Å²) in [6.45, 7) is 4.09. The number of thioether (sulfide) groups is 1. The van der Waals surface area contributed by atoms with E-state index in [1.54, 1.807) is 7.11 Å². The number of nitrogens with one attached hydrogen (secondary N) is 2. The number of rotatable bonds is 10. The van der Waals surface area contributed by atoms with Crippen molar-refractivity contribution in [3.8, 4) is 5.75 Å². The molecule has 0 bridgehead atoms. The summed E-state index contributed by atoms with van der Waals surface area (Å²) in [7, 11) is 3.66. The van der Waals surface area contributed by atoms with Crippen LogP contribution in [0.4, 0.5) is 0 Å². The molecule has 0 radical (unpaired) electrons. The molecule has 0 saturated heterocycles. The van der Waals surface area contributed by atoms with Crippen LogP contribution in [0.1, 0.15) is 23.6 Å². The fourth-order valence-electron chi connectivity index (χ4n) is 2.56. The topological polar surface area (TPSA) is 76.4 Å². The molecule has 156 valence electrons. The van der Waals surface area contributed by atoms with E-state index in [9.17, 15) is 0 Å². The molecule has 2 aromatic rings. The van der Waals surface area contributed by atoms with Crippen molar-refractivity contribution in [1.82, 2.24) is 25.4 Å². The Bertz CT molecular complexity index is 737. The summed E-state index contributed by atoms with van der Waals surface area (Å²) in [5, 5.41) is 15.1. The average Bonchev–Trinajstić information content (AvgIpc) is 3.01. The molecule has 0 amide bonds. The summed E-state index contributed by atoms with van der Waals surface area (Å²) in [6.07, 6.45) is 4.08. The molecule has 0 fully saturated rings. The van der Waals surface area contributed by atoms with Gasteiger partial charge in [-0.2, -0.15) is 11.8 Å². The van der Waals surface area contributed by atoms with Crippen LogP contribution in [0, 0.1) is 6.92 Å². The van der Waals surface area contributed by atoms with Crippen LogP contribution >= 0.6 is 35.7 Å². The summed E-state index contributed by atoms with van der Waals surface area (Å²) < 4.78 is 7.38. The monoisotopic (exact) mass is 518 g/mol. The van der Waals surface area contributed by atoms with E-state index in [2.05, 4.69) is 38.1 Å². The number of methoxy groups -OCH3 is 1. The third-order valence-electron chi connectivity index (χ3n) is 4.26. The van der Waals surface area contributed by atoms with Gasteiger partial charge in [0.15, 0.2) is 11.8 Å². The van der Waals surface area contributed by atoms with Gasteiger partial charge in [-0.05, 0) is 43.4 Å². The Labute approximate surface area is 189 Å². The second kappa shape index (κ2) is 13.6. The van der Waals surface area contributed by atoms with E-state index in [0.717, 1.165) is 55.0 Å². The van der Waals surface area contributed by atoms with Crippen LogP contribution < -0.4 is 15.4 Å². The second-order valence-electron chi connectivity index (χ2n) is 6.15. The zero-order valence-corrected chi connectivity index (χ0v) is 20.2. The van der Waals surface area contributed by atoms with Gasteiger partial charge in [0.05, 0.1) is 7.11 Å². The highest BCUT2D eigenvalue weighted by Gasteiger charge is 2.06. The van der Waals surface area contributed by atoms with E-state index in [1.165, 1.54) is 5.56 Å². The summed E-state index contributed by atoms with van der Waals surface area (Å²) in [5.41, 5.74) is 1.18. The van der Waals surface area contributed by atoms with Crippen molar-refractivity contribution in [3.63, 3.8) is 0 Å². The third kappa shape index (κ3) is 7.86. The normalized spacial score (nSPS) is 11.1. The molecular weight excluding hydrogens is 487 g/mol. The molecule has 9 heteroatoms. The first-order chi connectivity index (χ1) is 13.2. The van der Waals surface area contributed by atoms with E-state index in [4.69, 9.17) is 4.74 Å². The number of guanidine groups is 1. The molecule has 7 nitrogen and oxygen atoms in total. The van der Waals surface area contributed by atoms with Crippen LogP contribution in [0.15, 0.2) is 29.3 Å². The Morgan fingerprint density at radius 2 is 1.96 bits per heavy atom. The minimum Gasteiger partial charge on any atom is -0.496 e. The lowest BCUT2D eigenvalue weighted by molar-refractivity contribution is 0.409. The van der Waals surface area contributed by atoms with Gasteiger partial charge in [-0.1, -0.05) is 18.2 Å². The fourth-order valence-corrected chi connectivity index (χ4v) is 2.99. The summed E-state index contributed by atoms with van der Waals surface area (Å²) in [4.78, 5) is 4.67. The minimum absolute atomic E-state index is 0. The quantitative estimate of drug-likeness (QED) is 0.218. The van der Waals surface area contributed by atoms with Crippen molar-refractivity contribution < 1.29 is 4.74 Å². The minimum atomic E-state index is 0. The van der Waals surface area contributed by atoms with Gasteiger partial charge in [-0.25, -0.2) is 4.99 Å². The molecule has 2 N–H and O–H groups in total. The van der Waals surface area contributed by atoms with E-state index in [1.807, 2.05) is 48.5 Å². The van der Waals surface area contributed by atoms with Crippen molar-refractivity contribution in [2.75, 3.05) is 32.2 Å². The van der Waals surface area contributed by atoms with Crippen LogP contribution in [-0.4, -0.2) is 52.9 Å². The van der Waals surface area contributed by atoms with Gasteiger partial charge in [0.2, 0.25) is 0 Å². The van der Waals surface area contributed by atoms with Gasteiger partial charge in [-0.15, -0.1) is 34.2 Å². The van der Waals surface area contributed by atoms with Crippen LogP contribution in [0.25, 0.3) is 0 Å². The number of aliphatic imine (C=N–C) groups is 1. The Kier molecular flexibility index (Phi) is 12.0. The van der Waals surface area contributed by atoms with E-state index in [-0.39, 0.29) is 24.0 Å². The van der Waals surface area contributed by atoms with Gasteiger partial charge >= 0.3 is 0 Å². The maximum absolute atomic E-state index is 5.42. The van der Waals surface area contributed by atoms with Crippen molar-refractivity contribution in [3.05, 3.63) is 41.5 Å². The number of hydrogen-bond donors (Lipinski definition) is 2. The summed E-state index contributed by atoms with van der Waals surface area (Å²) in [5.74, 6) is 4.58. The SMILES string of the molecule is COc1ccccc1CCNC(=NCc1nnc(C)n1C)NCCCSC.I. The highest BCUT2D eigenvalue weighted by atomic mass is 127. The molecule has 1 heterocycles. The lowest BCUT2D eigenvalue weighted by Gasteiger charge is -2.13. The number of benzene rings is 1. The van der Waals surface area contributed by atoms with Crippen LogP contribution in [0.5, 0.6) is 5.75 Å². The third-order valence-corrected chi connectivity index (χ3v) is 4.96. The summed E-state index contributed by atoms with van der Waals surface area (Å²) >= 11 is 1.85. The first-order valence-corrected chi connectivity index (χ1v) is 10.5. The van der Waals surface area contributed by atoms with Crippen LogP contribution in [-0.2, 0) is 20.0 Å². The zero-order chi connectivity index (χ0) is 19.5. The molecular formula is C19H31IN6OS. The van der Waals surface area contributed by atoms with Crippen molar-refractivity contribution in [1.29, 1.82) is 0 Å². The molecule has 0 unspecified atom stereocenters. The first-order valence-electron chi connectivity index (χ1n) is 9.13. The number of nitrogens with zero attached hydrogens (tertiary/aromatic N) is 4. The Hall–Kier alpha value is -1.49. The molecule has 2 rings (SSSR count). The van der Waals surface area contributed by atoms with Gasteiger partial charge in [0.1, 0.15) is 18.1 Å². The number of aromatic nitrogens is 3. The molecule has 28 heavy (non-hydrogen) atoms. The smallest absolute Gasteiger partial charge is 0.191 e. The van der Waals surface area contributed by atoms with Gasteiger partial charge in [-0.3, -0.25) is 0 Å². The first kappa shape index (κ1) is 24.5. The van der Waals surface area contributed by atoms with E-state index in [0.29, 0.717) is 6.54 Å². The molecule has 0 aliphatic carbocycles. The number of hydrogen-bond acceptors (Lipinski definition) is 5. The molecule has 0 spiro atoms. The Balaban J connectivity index is 0.00000392. The second-order valence-corrected chi connectivity index (χ2v) is 7.13. The van der Waals surface area contributed by atoms with Gasteiger partial charge in [0, 0.05) is 20.1 Å². The molecule has 0 saturated carbocycles. The van der Waals surface area contributed by atoms with Crippen molar-refractivity contribution >= 4 is 41.7 Å². The van der Waals surface area contributed by atoms with Crippen LogP contribution in [0.2, 0.25) is 0 Å². The standard InChI is InChI=1S/C19H30N6OS.HI/c1-15-23-24-18(25(15)2)14-22-19(20-11-7-13-27-4)21-12-10-16-8-5-6-9-17(16)26-3;/h5-6,8-9H,7,10-14H2,1-4H3,(H2,20,21,22);1H. The maximum Gasteiger partial charge on any atom is 0.191 e. The Morgan fingerprint density at radius 1 is 1.21 bits per heavy atom. The lowest BCUT2D eigenvalue weighted by Crippen LogP contribution is -2.39. The number of para-hydroxylation sites is 1. The average molecular weight is 518 g/mol. The summed E-state index contributed by atoms with van der Waals surface area (Å²) in [6, 6.07) is 8.09. The van der Waals surface area contributed by atoms with Crippen molar-refractivity contribution in [2.45, 2.75) is 26.3 Å². The fraction of sp³-hybridized carbons (Fsp3) is 0.526. The maximum atomic E-state index is 5.42. The predicted molar refractivity (Wildman–Crippen MR) is 128 cm³/mol. The highest BCUT2D eigenvalue weighted by molar-refractivity contribution is 14.0. The van der Waals surface area contributed by atoms with Gasteiger partial charge in [0.25, 0.3) is 0 Å². The van der Waals surface area contributed by atoms with Crippen LogP contribution in [0.3, 0.4) is 0 Å². The molecule has 0 aliphatic heterocycles. The number of halogens is 1. The molecule has 0 atom stereocenters. The Morgan fingerprint density at radius 3 is 2.64 bits per heavy atom. The van der Waals surface area contributed by atoms with E-state index >= 15 is 0 Å².